The minimum atomic E-state index is -0.116. The average molecular weight is 226 g/mol. The Balaban J connectivity index is 0. The summed E-state index contributed by atoms with van der Waals surface area (Å²) >= 11 is 0. The Kier molecular flexibility index (Phi) is 13.3. The third kappa shape index (κ3) is 18.8. The molecule has 0 aliphatic carbocycles. The Hall–Kier alpha value is -0.890. The summed E-state index contributed by atoms with van der Waals surface area (Å²) in [7, 11) is 0. The minimum absolute atomic E-state index is 0.116. The largest absolute Gasteiger partial charge is 0.393 e. The molecule has 16 heavy (non-hydrogen) atoms. The summed E-state index contributed by atoms with van der Waals surface area (Å²) < 4.78 is 0. The lowest BCUT2D eigenvalue weighted by molar-refractivity contribution is -0.104. The molecule has 0 bridgehead atoms. The van der Waals surface area contributed by atoms with E-state index in [4.69, 9.17) is 5.11 Å². The lowest BCUT2D eigenvalue weighted by atomic mass is 10.1. The van der Waals surface area contributed by atoms with Gasteiger partial charge < -0.3 is 5.11 Å². The van der Waals surface area contributed by atoms with Gasteiger partial charge in [-0.05, 0) is 53.0 Å². The van der Waals surface area contributed by atoms with E-state index in [1.807, 2.05) is 13.8 Å². The smallest absolute Gasteiger partial charge is 0.142 e. The fraction of sp³-hybridized carbons (Fsp3) is 0.643. The average Bonchev–Trinajstić information content (AvgIpc) is 2.18. The number of carbonyl (C=O) groups excluding carboxylic acids is 1. The van der Waals surface area contributed by atoms with Crippen LogP contribution in [0.5, 0.6) is 0 Å². The Bertz CT molecular complexity index is 221. The van der Waals surface area contributed by atoms with E-state index in [0.29, 0.717) is 0 Å². The van der Waals surface area contributed by atoms with Crippen LogP contribution >= 0.6 is 0 Å². The lowest BCUT2D eigenvalue weighted by Gasteiger charge is -1.94. The van der Waals surface area contributed by atoms with Crippen molar-refractivity contribution in [2.45, 2.75) is 60.0 Å². The molecule has 0 heterocycles. The zero-order valence-corrected chi connectivity index (χ0v) is 11.3. The molecule has 0 aromatic carbocycles. The van der Waals surface area contributed by atoms with Gasteiger partial charge in [-0.1, -0.05) is 24.1 Å². The van der Waals surface area contributed by atoms with Crippen LogP contribution in [0.2, 0.25) is 0 Å². The van der Waals surface area contributed by atoms with Gasteiger partial charge in [0.1, 0.15) is 6.29 Å². The molecule has 94 valence electrons. The lowest BCUT2D eigenvalue weighted by Crippen LogP contribution is -1.93. The topological polar surface area (TPSA) is 37.3 Å². The van der Waals surface area contributed by atoms with Crippen LogP contribution in [0, 0.1) is 0 Å². The third-order valence-corrected chi connectivity index (χ3v) is 2.03. The van der Waals surface area contributed by atoms with Crippen LogP contribution in [0.15, 0.2) is 23.3 Å². The summed E-state index contributed by atoms with van der Waals surface area (Å²) in [5.41, 5.74) is 2.49. The van der Waals surface area contributed by atoms with E-state index in [-0.39, 0.29) is 6.10 Å². The maximum absolute atomic E-state index is 10.0. The van der Waals surface area contributed by atoms with E-state index in [1.165, 1.54) is 5.57 Å². The fourth-order valence-corrected chi connectivity index (χ4v) is 0.788. The fourth-order valence-electron chi connectivity index (χ4n) is 0.788. The van der Waals surface area contributed by atoms with Crippen molar-refractivity contribution in [3.8, 4) is 0 Å². The van der Waals surface area contributed by atoms with Gasteiger partial charge in [-0.25, -0.2) is 0 Å². The number of aliphatic hydroxyl groups excluding tert-OH is 1. The number of allylic oxidation sites excluding steroid dienone is 4. The molecular formula is C14H26O2. The van der Waals surface area contributed by atoms with Crippen LogP contribution in [0.25, 0.3) is 0 Å². The maximum Gasteiger partial charge on any atom is 0.142 e. The highest BCUT2D eigenvalue weighted by atomic mass is 16.3. The summed E-state index contributed by atoms with van der Waals surface area (Å²) in [6, 6.07) is 0. The molecule has 0 rings (SSSR count). The van der Waals surface area contributed by atoms with Crippen molar-refractivity contribution < 1.29 is 9.90 Å². The van der Waals surface area contributed by atoms with Crippen molar-refractivity contribution in [2.75, 3.05) is 0 Å². The van der Waals surface area contributed by atoms with E-state index in [0.717, 1.165) is 31.1 Å². The van der Waals surface area contributed by atoms with E-state index in [9.17, 15) is 4.79 Å². The first-order valence-corrected chi connectivity index (χ1v) is 5.86. The van der Waals surface area contributed by atoms with Crippen molar-refractivity contribution >= 4 is 6.29 Å². The second kappa shape index (κ2) is 12.2. The predicted octanol–water partition coefficient (Wildman–Crippen LogP) is 3.66. The van der Waals surface area contributed by atoms with Gasteiger partial charge in [0.25, 0.3) is 0 Å². The van der Waals surface area contributed by atoms with Crippen LogP contribution in [0.1, 0.15) is 53.9 Å². The maximum atomic E-state index is 10.0. The van der Waals surface area contributed by atoms with E-state index < -0.39 is 0 Å². The summed E-state index contributed by atoms with van der Waals surface area (Å²) in [4.78, 5) is 10.0. The Labute approximate surface area is 100 Å². The Morgan fingerprint density at radius 1 is 1.31 bits per heavy atom. The summed E-state index contributed by atoms with van der Waals surface area (Å²) in [6.45, 7) is 9.87. The molecule has 2 heteroatoms. The number of hydrogen-bond donors (Lipinski definition) is 1. The molecule has 0 aliphatic heterocycles. The molecule has 0 aliphatic rings. The van der Waals surface area contributed by atoms with Gasteiger partial charge in [-0.3, -0.25) is 4.79 Å². The molecule has 0 aromatic heterocycles. The molecule has 2 nitrogen and oxygen atoms in total. The molecule has 0 spiro atoms. The quantitative estimate of drug-likeness (QED) is 0.441. The van der Waals surface area contributed by atoms with Gasteiger partial charge in [0.05, 0.1) is 6.10 Å². The van der Waals surface area contributed by atoms with Crippen LogP contribution in [0.3, 0.4) is 0 Å². The molecule has 0 radical (unpaired) electrons. The third-order valence-electron chi connectivity index (χ3n) is 2.03. The molecule has 0 saturated carbocycles. The highest BCUT2D eigenvalue weighted by Crippen LogP contribution is 2.05. The van der Waals surface area contributed by atoms with Gasteiger partial charge in [-0.15, -0.1) is 0 Å². The molecule has 0 amide bonds. The SMILES string of the molecule is CC(C)=CCCC(C)=CC=O.CCC(C)O. The number of aliphatic hydroxyl groups is 1. The van der Waals surface area contributed by atoms with Crippen molar-refractivity contribution in [1.29, 1.82) is 0 Å². The van der Waals surface area contributed by atoms with Crippen molar-refractivity contribution in [1.82, 2.24) is 0 Å². The highest BCUT2D eigenvalue weighted by Gasteiger charge is 1.86. The predicted molar refractivity (Wildman–Crippen MR) is 70.5 cm³/mol. The van der Waals surface area contributed by atoms with Crippen LogP contribution < -0.4 is 0 Å². The normalized spacial score (nSPS) is 12.2. The Morgan fingerprint density at radius 3 is 2.12 bits per heavy atom. The summed E-state index contributed by atoms with van der Waals surface area (Å²) in [6.07, 6.45) is 7.43. The van der Waals surface area contributed by atoms with E-state index in [2.05, 4.69) is 19.9 Å². The number of hydrogen-bond acceptors (Lipinski definition) is 2. The zero-order chi connectivity index (χ0) is 13.0. The van der Waals surface area contributed by atoms with Gasteiger partial charge in [0, 0.05) is 0 Å². The van der Waals surface area contributed by atoms with E-state index in [1.54, 1.807) is 13.0 Å². The van der Waals surface area contributed by atoms with Gasteiger partial charge in [0.15, 0.2) is 0 Å². The molecule has 0 saturated heterocycles. The molecule has 0 aromatic rings. The number of carbonyl (C=O) groups is 1. The highest BCUT2D eigenvalue weighted by molar-refractivity contribution is 5.65. The standard InChI is InChI=1S/C10H16O.C4H10O/c1-9(2)5-4-6-10(3)7-8-11;1-3-4(2)5/h5,7-8H,4,6H2,1-3H3;4-5H,3H2,1-2H3. The van der Waals surface area contributed by atoms with Crippen molar-refractivity contribution in [2.24, 2.45) is 0 Å². The monoisotopic (exact) mass is 226 g/mol. The number of aldehydes is 1. The minimum Gasteiger partial charge on any atom is -0.393 e. The first-order chi connectivity index (χ1) is 7.43. The van der Waals surface area contributed by atoms with Crippen molar-refractivity contribution in [3.05, 3.63) is 23.3 Å². The van der Waals surface area contributed by atoms with Gasteiger partial charge in [-0.2, -0.15) is 0 Å². The summed E-state index contributed by atoms with van der Waals surface area (Å²) in [5, 5.41) is 8.36. The molecule has 1 atom stereocenters. The van der Waals surface area contributed by atoms with E-state index >= 15 is 0 Å². The van der Waals surface area contributed by atoms with Crippen LogP contribution in [0.4, 0.5) is 0 Å². The van der Waals surface area contributed by atoms with Crippen LogP contribution in [-0.4, -0.2) is 17.5 Å². The van der Waals surface area contributed by atoms with Gasteiger partial charge in [0.2, 0.25) is 0 Å². The first-order valence-electron chi connectivity index (χ1n) is 5.86. The Morgan fingerprint density at radius 2 is 1.81 bits per heavy atom. The zero-order valence-electron chi connectivity index (χ0n) is 11.3. The second-order valence-electron chi connectivity index (χ2n) is 4.23. The molecular weight excluding hydrogens is 200 g/mol. The molecule has 0 fully saturated rings. The van der Waals surface area contributed by atoms with Crippen LogP contribution in [-0.2, 0) is 4.79 Å². The first kappa shape index (κ1) is 17.5. The van der Waals surface area contributed by atoms with Gasteiger partial charge >= 0.3 is 0 Å². The number of rotatable bonds is 5. The second-order valence-corrected chi connectivity index (χ2v) is 4.23. The molecule has 1 unspecified atom stereocenters. The van der Waals surface area contributed by atoms with Crippen molar-refractivity contribution in [3.63, 3.8) is 0 Å². The summed E-state index contributed by atoms with van der Waals surface area (Å²) in [5.74, 6) is 0. The molecule has 1 N–H and O–H groups in total.